The molecule has 0 unspecified atom stereocenters. The maximum absolute atomic E-state index is 12.8. The van der Waals surface area contributed by atoms with E-state index in [9.17, 15) is 13.6 Å². The van der Waals surface area contributed by atoms with Crippen molar-refractivity contribution in [3.05, 3.63) is 35.4 Å². The van der Waals surface area contributed by atoms with Crippen LogP contribution in [0.2, 0.25) is 0 Å². The van der Waals surface area contributed by atoms with Gasteiger partial charge in [-0.1, -0.05) is 11.8 Å². The normalized spacial score (nSPS) is 9.19. The van der Waals surface area contributed by atoms with Crippen LogP contribution in [-0.2, 0) is 4.79 Å². The zero-order valence-electron chi connectivity index (χ0n) is 8.81. The minimum absolute atomic E-state index is 0.116. The van der Waals surface area contributed by atoms with Crippen LogP contribution in [0, 0.1) is 23.5 Å². The Morgan fingerprint density at radius 2 is 2.12 bits per heavy atom. The van der Waals surface area contributed by atoms with Crippen molar-refractivity contribution in [2.24, 2.45) is 0 Å². The predicted molar refractivity (Wildman–Crippen MR) is 56.5 cm³/mol. The van der Waals surface area contributed by atoms with Gasteiger partial charge in [0.2, 0.25) is 5.91 Å². The summed E-state index contributed by atoms with van der Waals surface area (Å²) in [6.07, 6.45) is 0.471. The molecule has 0 bridgehead atoms. The lowest BCUT2D eigenvalue weighted by atomic mass is 10.2. The number of carbonyl (C=O) groups excluding carboxylic acids is 1. The van der Waals surface area contributed by atoms with Gasteiger partial charge in [0, 0.05) is 25.5 Å². The first-order chi connectivity index (χ1) is 7.59. The quantitative estimate of drug-likeness (QED) is 0.601. The highest BCUT2D eigenvalue weighted by Crippen LogP contribution is 2.07. The van der Waals surface area contributed by atoms with Gasteiger partial charge in [0.15, 0.2) is 11.6 Å². The molecule has 0 saturated heterocycles. The first-order valence-corrected chi connectivity index (χ1v) is 4.78. The first kappa shape index (κ1) is 12.2. The number of nitrogens with one attached hydrogen (secondary N) is 1. The van der Waals surface area contributed by atoms with E-state index >= 15 is 0 Å². The van der Waals surface area contributed by atoms with Gasteiger partial charge in [-0.2, -0.15) is 0 Å². The highest BCUT2D eigenvalue weighted by Gasteiger charge is 1.99. The molecular formula is C12H11F2NO. The summed E-state index contributed by atoms with van der Waals surface area (Å²) < 4.78 is 25.3. The minimum atomic E-state index is -0.909. The monoisotopic (exact) mass is 223 g/mol. The highest BCUT2D eigenvalue weighted by molar-refractivity contribution is 5.72. The Balaban J connectivity index is 2.50. The number of rotatable bonds is 2. The van der Waals surface area contributed by atoms with Gasteiger partial charge in [0.1, 0.15) is 0 Å². The molecule has 1 amide bonds. The van der Waals surface area contributed by atoms with Crippen LogP contribution in [0.15, 0.2) is 18.2 Å². The van der Waals surface area contributed by atoms with Gasteiger partial charge in [-0.15, -0.1) is 0 Å². The van der Waals surface area contributed by atoms with Gasteiger partial charge in [0.25, 0.3) is 0 Å². The highest BCUT2D eigenvalue weighted by atomic mass is 19.2. The number of hydrogen-bond donors (Lipinski definition) is 1. The van der Waals surface area contributed by atoms with Crippen molar-refractivity contribution in [1.29, 1.82) is 0 Å². The Bertz CT molecular complexity index is 446. The van der Waals surface area contributed by atoms with Crippen molar-refractivity contribution in [2.45, 2.75) is 13.3 Å². The van der Waals surface area contributed by atoms with Crippen molar-refractivity contribution in [3.8, 4) is 11.8 Å². The van der Waals surface area contributed by atoms with Crippen LogP contribution in [0.5, 0.6) is 0 Å². The van der Waals surface area contributed by atoms with Crippen molar-refractivity contribution in [3.63, 3.8) is 0 Å². The molecule has 0 aliphatic carbocycles. The second-order valence-electron chi connectivity index (χ2n) is 3.16. The van der Waals surface area contributed by atoms with E-state index in [2.05, 4.69) is 17.2 Å². The second-order valence-corrected chi connectivity index (χ2v) is 3.16. The molecule has 0 spiro atoms. The number of amides is 1. The maximum Gasteiger partial charge on any atom is 0.216 e. The van der Waals surface area contributed by atoms with Crippen LogP contribution in [0.3, 0.4) is 0 Å². The Morgan fingerprint density at radius 3 is 2.75 bits per heavy atom. The lowest BCUT2D eigenvalue weighted by molar-refractivity contribution is -0.118. The summed E-state index contributed by atoms with van der Waals surface area (Å²) in [5, 5.41) is 2.58. The average molecular weight is 223 g/mol. The molecule has 0 radical (unpaired) electrons. The molecule has 0 fully saturated rings. The average Bonchev–Trinajstić information content (AvgIpc) is 2.22. The second kappa shape index (κ2) is 5.86. The smallest absolute Gasteiger partial charge is 0.216 e. The van der Waals surface area contributed by atoms with Crippen molar-refractivity contribution >= 4 is 5.91 Å². The van der Waals surface area contributed by atoms with Gasteiger partial charge in [0.05, 0.1) is 0 Å². The molecule has 1 rings (SSSR count). The largest absolute Gasteiger partial charge is 0.355 e. The van der Waals surface area contributed by atoms with E-state index in [4.69, 9.17) is 0 Å². The van der Waals surface area contributed by atoms with Crippen molar-refractivity contribution in [2.75, 3.05) is 6.54 Å². The lowest BCUT2D eigenvalue weighted by Gasteiger charge is -1.95. The van der Waals surface area contributed by atoms with Crippen LogP contribution in [0.4, 0.5) is 8.78 Å². The molecule has 84 valence electrons. The molecule has 0 heterocycles. The van der Waals surface area contributed by atoms with Crippen LogP contribution in [-0.4, -0.2) is 12.5 Å². The van der Waals surface area contributed by atoms with Crippen molar-refractivity contribution in [1.82, 2.24) is 5.32 Å². The van der Waals surface area contributed by atoms with E-state index in [0.29, 0.717) is 18.5 Å². The summed E-state index contributed by atoms with van der Waals surface area (Å²) in [6.45, 7) is 1.87. The van der Waals surface area contributed by atoms with Gasteiger partial charge in [-0.3, -0.25) is 4.79 Å². The molecule has 4 heteroatoms. The Kier molecular flexibility index (Phi) is 4.46. The van der Waals surface area contributed by atoms with E-state index in [0.717, 1.165) is 12.1 Å². The molecule has 0 aliphatic heterocycles. The third kappa shape index (κ3) is 4.09. The summed E-state index contributed by atoms with van der Waals surface area (Å²) in [5.74, 6) is 3.52. The van der Waals surface area contributed by atoms with Gasteiger partial charge in [-0.05, 0) is 18.2 Å². The Morgan fingerprint density at radius 1 is 1.38 bits per heavy atom. The molecule has 0 aliphatic rings. The lowest BCUT2D eigenvalue weighted by Crippen LogP contribution is -2.20. The molecule has 0 saturated carbocycles. The van der Waals surface area contributed by atoms with Gasteiger partial charge < -0.3 is 5.32 Å². The number of hydrogen-bond acceptors (Lipinski definition) is 1. The van der Waals surface area contributed by atoms with Crippen LogP contribution >= 0.6 is 0 Å². The van der Waals surface area contributed by atoms with E-state index in [1.807, 2.05) is 0 Å². The van der Waals surface area contributed by atoms with Crippen LogP contribution < -0.4 is 5.32 Å². The number of benzene rings is 1. The fourth-order valence-corrected chi connectivity index (χ4v) is 1.04. The zero-order chi connectivity index (χ0) is 12.0. The molecule has 1 aromatic rings. The number of carbonyl (C=O) groups is 1. The summed E-state index contributed by atoms with van der Waals surface area (Å²) in [6, 6.07) is 3.48. The fourth-order valence-electron chi connectivity index (χ4n) is 1.04. The summed E-state index contributed by atoms with van der Waals surface area (Å²) in [4.78, 5) is 10.5. The maximum atomic E-state index is 12.8. The molecule has 1 N–H and O–H groups in total. The van der Waals surface area contributed by atoms with Crippen molar-refractivity contribution < 1.29 is 13.6 Å². The zero-order valence-corrected chi connectivity index (χ0v) is 8.81. The van der Waals surface area contributed by atoms with E-state index in [-0.39, 0.29) is 5.91 Å². The SMILES string of the molecule is CC(=O)NCCC#Cc1ccc(F)c(F)c1. The molecule has 16 heavy (non-hydrogen) atoms. The third-order valence-corrected chi connectivity index (χ3v) is 1.78. The minimum Gasteiger partial charge on any atom is -0.355 e. The predicted octanol–water partition coefficient (Wildman–Crippen LogP) is 1.84. The molecule has 0 atom stereocenters. The topological polar surface area (TPSA) is 29.1 Å². The molecule has 2 nitrogen and oxygen atoms in total. The first-order valence-electron chi connectivity index (χ1n) is 4.78. The molecule has 0 aromatic heterocycles. The van der Waals surface area contributed by atoms with E-state index in [1.165, 1.54) is 13.0 Å². The van der Waals surface area contributed by atoms with Gasteiger partial charge >= 0.3 is 0 Å². The van der Waals surface area contributed by atoms with E-state index < -0.39 is 11.6 Å². The number of halogens is 2. The Labute approximate surface area is 92.7 Å². The molecule has 1 aromatic carbocycles. The Hall–Kier alpha value is -1.89. The summed E-state index contributed by atoms with van der Waals surface area (Å²) >= 11 is 0. The van der Waals surface area contributed by atoms with Gasteiger partial charge in [-0.25, -0.2) is 8.78 Å². The summed E-state index contributed by atoms with van der Waals surface area (Å²) in [7, 11) is 0. The standard InChI is InChI=1S/C12H11F2NO/c1-9(16)15-7-3-2-4-10-5-6-11(13)12(14)8-10/h5-6,8H,3,7H2,1H3,(H,15,16). The van der Waals surface area contributed by atoms with Crippen LogP contribution in [0.1, 0.15) is 18.9 Å². The van der Waals surface area contributed by atoms with E-state index in [1.54, 1.807) is 0 Å². The fraction of sp³-hybridized carbons (Fsp3) is 0.250. The molecular weight excluding hydrogens is 212 g/mol. The van der Waals surface area contributed by atoms with Crippen LogP contribution in [0.25, 0.3) is 0 Å². The summed E-state index contributed by atoms with van der Waals surface area (Å²) in [5.41, 5.74) is 0.418. The third-order valence-electron chi connectivity index (χ3n) is 1.78.